The highest BCUT2D eigenvalue weighted by Crippen LogP contribution is 2.23. The lowest BCUT2D eigenvalue weighted by atomic mass is 9.99. The molecule has 1 N–H and O–H groups in total. The maximum absolute atomic E-state index is 13.6. The maximum Gasteiger partial charge on any atom is 0.129 e. The minimum Gasteiger partial charge on any atom is -0.496 e. The van der Waals surface area contributed by atoms with Crippen molar-refractivity contribution in [3.05, 3.63) is 64.7 Å². The third-order valence-corrected chi connectivity index (χ3v) is 3.39. The molecule has 0 saturated carbocycles. The Hall–Kier alpha value is -1.94. The van der Waals surface area contributed by atoms with Crippen LogP contribution in [-0.4, -0.2) is 18.3 Å². The topological polar surface area (TPSA) is 29.5 Å². The van der Waals surface area contributed by atoms with Crippen molar-refractivity contribution >= 4 is 0 Å². The predicted octanol–water partition coefficient (Wildman–Crippen LogP) is 3.43. The molecule has 0 amide bonds. The summed E-state index contributed by atoms with van der Waals surface area (Å²) in [6.45, 7) is 1.94. The fourth-order valence-corrected chi connectivity index (χ4v) is 2.36. The van der Waals surface area contributed by atoms with Gasteiger partial charge in [0.2, 0.25) is 0 Å². The molecule has 0 saturated heterocycles. The van der Waals surface area contributed by atoms with Gasteiger partial charge in [-0.05, 0) is 30.7 Å². The van der Waals surface area contributed by atoms with Crippen LogP contribution in [0.5, 0.6) is 5.75 Å². The second kappa shape index (κ2) is 6.68. The zero-order chi connectivity index (χ0) is 15.4. The molecular weight excluding hydrogens is 274 g/mol. The number of ether oxygens (including phenoxy) is 1. The van der Waals surface area contributed by atoms with Crippen molar-refractivity contribution in [3.63, 3.8) is 0 Å². The molecule has 1 unspecified atom stereocenters. The van der Waals surface area contributed by atoms with Gasteiger partial charge in [0, 0.05) is 18.4 Å². The molecule has 2 nitrogen and oxygen atoms in total. The van der Waals surface area contributed by atoms with Crippen LogP contribution in [-0.2, 0) is 12.8 Å². The van der Waals surface area contributed by atoms with Gasteiger partial charge in [-0.25, -0.2) is 8.78 Å². The Bertz CT molecular complexity index is 606. The van der Waals surface area contributed by atoms with E-state index in [-0.39, 0.29) is 18.4 Å². The number of aliphatic hydroxyl groups excluding tert-OH is 1. The number of aliphatic hydroxyl groups is 1. The van der Waals surface area contributed by atoms with E-state index >= 15 is 0 Å². The summed E-state index contributed by atoms with van der Waals surface area (Å²) >= 11 is 0. The summed E-state index contributed by atoms with van der Waals surface area (Å²) in [5.74, 6) is -0.607. The minimum absolute atomic E-state index is 0.0738. The summed E-state index contributed by atoms with van der Waals surface area (Å²) < 4.78 is 32.4. The van der Waals surface area contributed by atoms with E-state index in [1.54, 1.807) is 7.11 Å². The highest BCUT2D eigenvalue weighted by molar-refractivity contribution is 5.37. The quantitative estimate of drug-likeness (QED) is 0.915. The van der Waals surface area contributed by atoms with Crippen molar-refractivity contribution in [1.29, 1.82) is 0 Å². The van der Waals surface area contributed by atoms with Crippen molar-refractivity contribution in [2.45, 2.75) is 25.9 Å². The van der Waals surface area contributed by atoms with Gasteiger partial charge in [0.05, 0.1) is 13.2 Å². The van der Waals surface area contributed by atoms with E-state index in [9.17, 15) is 13.9 Å². The van der Waals surface area contributed by atoms with Crippen LogP contribution in [0.2, 0.25) is 0 Å². The molecule has 2 aromatic carbocycles. The number of halogens is 2. The van der Waals surface area contributed by atoms with Gasteiger partial charge in [-0.1, -0.05) is 23.8 Å². The van der Waals surface area contributed by atoms with E-state index in [1.807, 2.05) is 25.1 Å². The van der Waals surface area contributed by atoms with E-state index in [0.29, 0.717) is 5.75 Å². The lowest BCUT2D eigenvalue weighted by molar-refractivity contribution is 0.171. The predicted molar refractivity (Wildman–Crippen MR) is 77.5 cm³/mol. The normalized spacial score (nSPS) is 12.2. The van der Waals surface area contributed by atoms with E-state index in [0.717, 1.165) is 11.1 Å². The summed E-state index contributed by atoms with van der Waals surface area (Å²) in [5.41, 5.74) is 1.77. The van der Waals surface area contributed by atoms with Gasteiger partial charge in [-0.3, -0.25) is 0 Å². The van der Waals surface area contributed by atoms with E-state index in [1.165, 1.54) is 18.2 Å². The largest absolute Gasteiger partial charge is 0.496 e. The van der Waals surface area contributed by atoms with Crippen LogP contribution in [0.3, 0.4) is 0 Å². The first-order chi connectivity index (χ1) is 10.0. The fraction of sp³-hybridized carbons (Fsp3) is 0.294. The summed E-state index contributed by atoms with van der Waals surface area (Å²) in [5, 5.41) is 10.1. The van der Waals surface area contributed by atoms with Crippen molar-refractivity contribution in [1.82, 2.24) is 0 Å². The molecule has 0 bridgehead atoms. The van der Waals surface area contributed by atoms with Crippen molar-refractivity contribution in [2.75, 3.05) is 7.11 Å². The molecule has 2 rings (SSSR count). The molecule has 0 aliphatic rings. The minimum atomic E-state index is -0.882. The van der Waals surface area contributed by atoms with Gasteiger partial charge < -0.3 is 9.84 Å². The van der Waals surface area contributed by atoms with Crippen LogP contribution in [0.15, 0.2) is 36.4 Å². The third-order valence-electron chi connectivity index (χ3n) is 3.39. The van der Waals surface area contributed by atoms with Gasteiger partial charge in [-0.2, -0.15) is 0 Å². The maximum atomic E-state index is 13.6. The van der Waals surface area contributed by atoms with Gasteiger partial charge in [0.1, 0.15) is 17.4 Å². The number of aryl methyl sites for hydroxylation is 1. The molecule has 0 aliphatic carbocycles. The van der Waals surface area contributed by atoms with Crippen molar-refractivity contribution < 1.29 is 18.6 Å². The molecule has 4 heteroatoms. The van der Waals surface area contributed by atoms with Crippen molar-refractivity contribution in [2.24, 2.45) is 0 Å². The highest BCUT2D eigenvalue weighted by Gasteiger charge is 2.16. The van der Waals surface area contributed by atoms with Gasteiger partial charge in [0.15, 0.2) is 0 Å². The summed E-state index contributed by atoms with van der Waals surface area (Å²) in [4.78, 5) is 0. The average Bonchev–Trinajstić information content (AvgIpc) is 2.43. The summed E-state index contributed by atoms with van der Waals surface area (Å²) in [6.07, 6.45) is -0.680. The Morgan fingerprint density at radius 1 is 1.10 bits per heavy atom. The molecule has 0 heterocycles. The van der Waals surface area contributed by atoms with Crippen LogP contribution >= 0.6 is 0 Å². The second-order valence-corrected chi connectivity index (χ2v) is 5.08. The molecule has 0 aromatic heterocycles. The second-order valence-electron chi connectivity index (χ2n) is 5.08. The van der Waals surface area contributed by atoms with Crippen LogP contribution in [0, 0.1) is 18.6 Å². The van der Waals surface area contributed by atoms with Gasteiger partial charge >= 0.3 is 0 Å². The standard InChI is InChI=1S/C17H18F2O2/c1-11-6-7-17(21-2)12(8-11)9-13(20)10-14-15(18)4-3-5-16(14)19/h3-8,13,20H,9-10H2,1-2H3. The molecule has 21 heavy (non-hydrogen) atoms. The zero-order valence-corrected chi connectivity index (χ0v) is 12.1. The SMILES string of the molecule is COc1ccc(C)cc1CC(O)Cc1c(F)cccc1F. The van der Waals surface area contributed by atoms with Crippen LogP contribution < -0.4 is 4.74 Å². The number of hydrogen-bond donors (Lipinski definition) is 1. The van der Waals surface area contributed by atoms with Crippen LogP contribution in [0.1, 0.15) is 16.7 Å². The monoisotopic (exact) mass is 292 g/mol. The van der Waals surface area contributed by atoms with Crippen LogP contribution in [0.25, 0.3) is 0 Å². The smallest absolute Gasteiger partial charge is 0.129 e. The van der Waals surface area contributed by atoms with Gasteiger partial charge in [-0.15, -0.1) is 0 Å². The molecule has 0 radical (unpaired) electrons. The molecule has 1 atom stereocenters. The molecule has 0 fully saturated rings. The first-order valence-electron chi connectivity index (χ1n) is 6.75. The summed E-state index contributed by atoms with van der Waals surface area (Å²) in [7, 11) is 1.55. The van der Waals surface area contributed by atoms with Gasteiger partial charge in [0.25, 0.3) is 0 Å². The van der Waals surface area contributed by atoms with Crippen LogP contribution in [0.4, 0.5) is 8.78 Å². The molecule has 2 aromatic rings. The number of rotatable bonds is 5. The number of hydrogen-bond acceptors (Lipinski definition) is 2. The Morgan fingerprint density at radius 2 is 1.76 bits per heavy atom. The molecule has 0 spiro atoms. The lowest BCUT2D eigenvalue weighted by Gasteiger charge is -2.15. The van der Waals surface area contributed by atoms with E-state index in [2.05, 4.69) is 0 Å². The molecular formula is C17H18F2O2. The Kier molecular flexibility index (Phi) is 4.91. The van der Waals surface area contributed by atoms with Crippen molar-refractivity contribution in [3.8, 4) is 5.75 Å². The Morgan fingerprint density at radius 3 is 2.38 bits per heavy atom. The number of methoxy groups -OCH3 is 1. The van der Waals surface area contributed by atoms with E-state index in [4.69, 9.17) is 4.74 Å². The Balaban J connectivity index is 2.15. The molecule has 0 aliphatic heterocycles. The first kappa shape index (κ1) is 15.4. The number of benzene rings is 2. The summed E-state index contributed by atoms with van der Waals surface area (Å²) in [6, 6.07) is 9.33. The third kappa shape index (κ3) is 3.79. The highest BCUT2D eigenvalue weighted by atomic mass is 19.1. The lowest BCUT2D eigenvalue weighted by Crippen LogP contribution is -2.16. The van der Waals surface area contributed by atoms with E-state index < -0.39 is 17.7 Å². The molecule has 112 valence electrons. The fourth-order valence-electron chi connectivity index (χ4n) is 2.36. The first-order valence-corrected chi connectivity index (χ1v) is 6.75. The Labute approximate surface area is 123 Å². The zero-order valence-electron chi connectivity index (χ0n) is 12.1. The average molecular weight is 292 g/mol.